The van der Waals surface area contributed by atoms with E-state index in [2.05, 4.69) is 33.5 Å². The first-order valence-electron chi connectivity index (χ1n) is 9.36. The van der Waals surface area contributed by atoms with Crippen molar-refractivity contribution in [2.75, 3.05) is 43.4 Å². The van der Waals surface area contributed by atoms with Gasteiger partial charge in [0.2, 0.25) is 5.91 Å². The van der Waals surface area contributed by atoms with Crippen LogP contribution in [0.5, 0.6) is 0 Å². The predicted octanol–water partition coefficient (Wildman–Crippen LogP) is 2.55. The third-order valence-electron chi connectivity index (χ3n) is 4.95. The van der Waals surface area contributed by atoms with Crippen molar-refractivity contribution in [3.05, 3.63) is 46.2 Å². The van der Waals surface area contributed by atoms with Crippen LogP contribution in [-0.4, -0.2) is 50.1 Å². The molecule has 150 valence electrons. The van der Waals surface area contributed by atoms with Gasteiger partial charge in [-0.1, -0.05) is 6.07 Å². The monoisotopic (exact) mass is 401 g/mol. The van der Waals surface area contributed by atoms with E-state index in [0.717, 1.165) is 42.3 Å². The maximum Gasteiger partial charge on any atom is 0.312 e. The van der Waals surface area contributed by atoms with Crippen LogP contribution in [0.4, 0.5) is 16.2 Å². The van der Waals surface area contributed by atoms with E-state index in [1.54, 1.807) is 0 Å². The van der Waals surface area contributed by atoms with E-state index < -0.39 is 12.1 Å². The number of thiophene rings is 1. The molecule has 1 aliphatic heterocycles. The van der Waals surface area contributed by atoms with Gasteiger partial charge < -0.3 is 26.2 Å². The fourth-order valence-corrected chi connectivity index (χ4v) is 4.10. The minimum Gasteiger partial charge on any atom is -0.369 e. The van der Waals surface area contributed by atoms with Gasteiger partial charge in [0.1, 0.15) is 0 Å². The van der Waals surface area contributed by atoms with E-state index in [0.29, 0.717) is 0 Å². The van der Waals surface area contributed by atoms with Gasteiger partial charge in [0.25, 0.3) is 0 Å². The number of amides is 3. The summed E-state index contributed by atoms with van der Waals surface area (Å²) in [5.41, 5.74) is 8.24. The zero-order chi connectivity index (χ0) is 20.1. The van der Waals surface area contributed by atoms with Crippen molar-refractivity contribution in [1.82, 2.24) is 10.2 Å². The second-order valence-electron chi connectivity index (χ2n) is 7.12. The van der Waals surface area contributed by atoms with Crippen molar-refractivity contribution in [3.8, 4) is 0 Å². The normalized spacial score (nSPS) is 15.9. The number of nitrogens with zero attached hydrogens (tertiary/aromatic N) is 2. The maximum atomic E-state index is 12.6. The number of rotatable bonds is 6. The second kappa shape index (κ2) is 9.07. The summed E-state index contributed by atoms with van der Waals surface area (Å²) in [5, 5.41) is 7.51. The molecule has 1 saturated heterocycles. The Bertz CT molecular complexity index is 816. The lowest BCUT2D eigenvalue weighted by molar-refractivity contribution is -0.116. The summed E-state index contributed by atoms with van der Waals surface area (Å²) in [5.74, 6) is -0.164. The predicted molar refractivity (Wildman–Crippen MR) is 114 cm³/mol. The highest BCUT2D eigenvalue weighted by atomic mass is 32.1. The number of urea groups is 1. The number of hydrogen-bond acceptors (Lipinski definition) is 5. The average molecular weight is 402 g/mol. The van der Waals surface area contributed by atoms with Crippen molar-refractivity contribution in [1.29, 1.82) is 0 Å². The number of benzene rings is 1. The van der Waals surface area contributed by atoms with Crippen molar-refractivity contribution >= 4 is 34.6 Å². The molecule has 2 heterocycles. The summed E-state index contributed by atoms with van der Waals surface area (Å²) >= 11 is 1.48. The molecule has 1 aliphatic rings. The van der Waals surface area contributed by atoms with Crippen LogP contribution in [0.3, 0.4) is 0 Å². The largest absolute Gasteiger partial charge is 0.369 e. The Morgan fingerprint density at radius 3 is 2.57 bits per heavy atom. The summed E-state index contributed by atoms with van der Waals surface area (Å²) in [4.78, 5) is 29.4. The first kappa shape index (κ1) is 20.2. The minimum absolute atomic E-state index is 0.128. The Morgan fingerprint density at radius 2 is 1.96 bits per heavy atom. The molecule has 0 spiro atoms. The lowest BCUT2D eigenvalue weighted by atomic mass is 10.1. The first-order valence-corrected chi connectivity index (χ1v) is 10.2. The van der Waals surface area contributed by atoms with E-state index in [9.17, 15) is 9.59 Å². The van der Waals surface area contributed by atoms with E-state index in [1.165, 1.54) is 17.0 Å². The van der Waals surface area contributed by atoms with Gasteiger partial charge in [-0.05, 0) is 49.2 Å². The Balaban J connectivity index is 1.64. The highest BCUT2D eigenvalue weighted by Gasteiger charge is 2.19. The Morgan fingerprint density at radius 1 is 1.21 bits per heavy atom. The van der Waals surface area contributed by atoms with Gasteiger partial charge in [0, 0.05) is 42.4 Å². The lowest BCUT2D eigenvalue weighted by Crippen LogP contribution is -2.44. The summed E-state index contributed by atoms with van der Waals surface area (Å²) in [6.45, 7) is 6.10. The summed E-state index contributed by atoms with van der Waals surface area (Å²) in [7, 11) is 2.14. The van der Waals surface area contributed by atoms with Crippen LogP contribution in [0.2, 0.25) is 0 Å². The first-order chi connectivity index (χ1) is 13.4. The third kappa shape index (κ3) is 5.24. The lowest BCUT2D eigenvalue weighted by Gasteiger charge is -2.34. The van der Waals surface area contributed by atoms with Crippen LogP contribution in [0.15, 0.2) is 35.7 Å². The molecule has 8 heteroatoms. The minimum atomic E-state index is -0.640. The molecular formula is C20H27N5O2S. The highest BCUT2D eigenvalue weighted by Crippen LogP contribution is 2.26. The van der Waals surface area contributed by atoms with E-state index >= 15 is 0 Å². The molecule has 1 aromatic heterocycles. The Labute approximate surface area is 169 Å². The number of nitrogens with one attached hydrogen (secondary N) is 2. The molecule has 0 unspecified atom stereocenters. The molecule has 7 nitrogen and oxygen atoms in total. The van der Waals surface area contributed by atoms with Gasteiger partial charge in [-0.3, -0.25) is 4.79 Å². The third-order valence-corrected chi connectivity index (χ3v) is 5.93. The molecule has 0 bridgehead atoms. The molecule has 3 rings (SSSR count). The van der Waals surface area contributed by atoms with Crippen LogP contribution in [0.1, 0.15) is 22.9 Å². The van der Waals surface area contributed by atoms with Gasteiger partial charge >= 0.3 is 6.03 Å². The van der Waals surface area contributed by atoms with E-state index in [4.69, 9.17) is 5.73 Å². The number of nitrogens with two attached hydrogens (primary N) is 1. The van der Waals surface area contributed by atoms with Crippen LogP contribution < -0.4 is 21.3 Å². The van der Waals surface area contributed by atoms with E-state index in [1.807, 2.05) is 36.6 Å². The summed E-state index contributed by atoms with van der Waals surface area (Å²) in [6.07, 6.45) is 0.128. The number of piperazine rings is 1. The molecule has 4 N–H and O–H groups in total. The van der Waals surface area contributed by atoms with Gasteiger partial charge in [-0.25, -0.2) is 4.79 Å². The Hall–Kier alpha value is -2.58. The SMILES string of the molecule is Cc1cc(N2CCN(C)CC2)ccc1NC(=O)C[C@H](NC(N)=O)c1cccs1. The molecule has 0 saturated carbocycles. The van der Waals surface area contributed by atoms with Crippen LogP contribution >= 0.6 is 11.3 Å². The molecule has 1 aromatic carbocycles. The smallest absolute Gasteiger partial charge is 0.312 e. The zero-order valence-corrected chi connectivity index (χ0v) is 17.1. The van der Waals surface area contributed by atoms with E-state index in [-0.39, 0.29) is 12.3 Å². The molecule has 1 fully saturated rings. The second-order valence-corrected chi connectivity index (χ2v) is 8.10. The number of aryl methyl sites for hydroxylation is 1. The number of likely N-dealkylation sites (N-methyl/N-ethyl adjacent to an activating group) is 1. The quantitative estimate of drug-likeness (QED) is 0.694. The van der Waals surface area contributed by atoms with Gasteiger partial charge in [-0.15, -0.1) is 11.3 Å². The van der Waals surface area contributed by atoms with Crippen LogP contribution in [-0.2, 0) is 4.79 Å². The molecule has 3 amide bonds. The molecule has 0 aliphatic carbocycles. The zero-order valence-electron chi connectivity index (χ0n) is 16.3. The van der Waals surface area contributed by atoms with Crippen LogP contribution in [0.25, 0.3) is 0 Å². The number of primary amides is 1. The fourth-order valence-electron chi connectivity index (χ4n) is 3.32. The van der Waals surface area contributed by atoms with Crippen molar-refractivity contribution in [2.24, 2.45) is 5.73 Å². The average Bonchev–Trinajstić information content (AvgIpc) is 3.18. The summed E-state index contributed by atoms with van der Waals surface area (Å²) in [6, 6.07) is 8.80. The van der Waals surface area contributed by atoms with Gasteiger partial charge in [0.05, 0.1) is 12.5 Å². The Kier molecular flexibility index (Phi) is 6.53. The number of anilines is 2. The topological polar surface area (TPSA) is 90.7 Å². The van der Waals surface area contributed by atoms with Crippen molar-refractivity contribution < 1.29 is 9.59 Å². The fraction of sp³-hybridized carbons (Fsp3) is 0.400. The number of carbonyl (C=O) groups excluding carboxylic acids is 2. The van der Waals surface area contributed by atoms with Gasteiger partial charge in [0.15, 0.2) is 0 Å². The molecule has 28 heavy (non-hydrogen) atoms. The number of hydrogen-bond donors (Lipinski definition) is 3. The number of carbonyl (C=O) groups is 2. The standard InChI is InChI=1S/C20H27N5O2S/c1-14-12-15(25-9-7-24(2)8-10-25)5-6-16(14)22-19(26)13-17(23-20(21)27)18-4-3-11-28-18/h3-6,11-12,17H,7-10,13H2,1-2H3,(H,22,26)(H3,21,23,27)/t17-/m0/s1. The molecule has 1 atom stereocenters. The maximum absolute atomic E-state index is 12.6. The summed E-state index contributed by atoms with van der Waals surface area (Å²) < 4.78 is 0. The van der Waals surface area contributed by atoms with Crippen LogP contribution in [0, 0.1) is 6.92 Å². The molecular weight excluding hydrogens is 374 g/mol. The highest BCUT2D eigenvalue weighted by molar-refractivity contribution is 7.10. The molecule has 2 aromatic rings. The molecule has 0 radical (unpaired) electrons. The van der Waals surface area contributed by atoms with Gasteiger partial charge in [-0.2, -0.15) is 0 Å². The van der Waals surface area contributed by atoms with Crippen molar-refractivity contribution in [2.45, 2.75) is 19.4 Å². The van der Waals surface area contributed by atoms with Crippen molar-refractivity contribution in [3.63, 3.8) is 0 Å².